The van der Waals surface area contributed by atoms with Crippen molar-refractivity contribution in [2.24, 2.45) is 0 Å². The maximum Gasteiger partial charge on any atom is 0.143 e. The summed E-state index contributed by atoms with van der Waals surface area (Å²) in [7, 11) is 0. The van der Waals surface area contributed by atoms with Crippen LogP contribution < -0.4 is 5.73 Å². The van der Waals surface area contributed by atoms with Gasteiger partial charge in [0.1, 0.15) is 17.8 Å². The Balaban J connectivity index is 2.06. The van der Waals surface area contributed by atoms with Crippen LogP contribution in [0.1, 0.15) is 12.6 Å². The van der Waals surface area contributed by atoms with Gasteiger partial charge in [0, 0.05) is 28.4 Å². The lowest BCUT2D eigenvalue weighted by atomic mass is 10.0. The molecule has 0 aliphatic heterocycles. The van der Waals surface area contributed by atoms with Crippen LogP contribution in [0.5, 0.6) is 0 Å². The first-order valence-electron chi connectivity index (χ1n) is 7.24. The molecule has 1 aromatic carbocycles. The molecule has 108 valence electrons. The molecule has 0 saturated carbocycles. The van der Waals surface area contributed by atoms with Gasteiger partial charge >= 0.3 is 0 Å². The van der Waals surface area contributed by atoms with Crippen LogP contribution in [-0.4, -0.2) is 19.9 Å². The highest BCUT2D eigenvalue weighted by Gasteiger charge is 2.16. The van der Waals surface area contributed by atoms with E-state index < -0.39 is 0 Å². The van der Waals surface area contributed by atoms with Gasteiger partial charge in [0.15, 0.2) is 0 Å². The van der Waals surface area contributed by atoms with Crippen LogP contribution in [0.4, 0.5) is 5.82 Å². The van der Waals surface area contributed by atoms with Gasteiger partial charge in [0.05, 0.1) is 10.9 Å². The number of fused-ring (bicyclic) bond motifs is 2. The van der Waals surface area contributed by atoms with Crippen molar-refractivity contribution in [3.8, 4) is 11.1 Å². The standard InChI is InChI=1S/C17H15N5/c1-2-12-14(15-16(18)20-9-21-17(15)22-12)11-7-10-5-3-4-6-13(10)19-8-11/h3-9H,2H2,1H3,(H3,18,20,21,22). The molecule has 0 aliphatic carbocycles. The number of anilines is 1. The SMILES string of the molecule is CCc1[nH]c2ncnc(N)c2c1-c1cnc2ccccc2c1. The van der Waals surface area contributed by atoms with Crippen molar-refractivity contribution in [1.82, 2.24) is 19.9 Å². The van der Waals surface area contributed by atoms with Crippen molar-refractivity contribution in [1.29, 1.82) is 0 Å². The monoisotopic (exact) mass is 289 g/mol. The van der Waals surface area contributed by atoms with Crippen molar-refractivity contribution < 1.29 is 0 Å². The van der Waals surface area contributed by atoms with E-state index in [1.807, 2.05) is 24.4 Å². The summed E-state index contributed by atoms with van der Waals surface area (Å²) in [6.07, 6.45) is 4.23. The van der Waals surface area contributed by atoms with Crippen LogP contribution in [0.25, 0.3) is 33.1 Å². The summed E-state index contributed by atoms with van der Waals surface area (Å²) in [5.41, 5.74) is 11.0. The number of pyridine rings is 1. The second-order valence-corrected chi connectivity index (χ2v) is 5.23. The molecule has 3 heterocycles. The Labute approximate surface area is 127 Å². The number of H-pyrrole nitrogens is 1. The number of aromatic amines is 1. The first-order chi connectivity index (χ1) is 10.8. The van der Waals surface area contributed by atoms with E-state index in [0.717, 1.165) is 45.2 Å². The summed E-state index contributed by atoms with van der Waals surface area (Å²) in [6, 6.07) is 10.2. The molecule has 0 fully saturated rings. The van der Waals surface area contributed by atoms with Crippen LogP contribution in [0.3, 0.4) is 0 Å². The Morgan fingerprint density at radius 3 is 2.86 bits per heavy atom. The molecule has 3 N–H and O–H groups in total. The molecule has 0 unspecified atom stereocenters. The van der Waals surface area contributed by atoms with Gasteiger partial charge in [-0.25, -0.2) is 9.97 Å². The molecule has 0 saturated heterocycles. The summed E-state index contributed by atoms with van der Waals surface area (Å²) in [5, 5.41) is 1.98. The minimum Gasteiger partial charge on any atom is -0.383 e. The van der Waals surface area contributed by atoms with Gasteiger partial charge in [-0.3, -0.25) is 4.98 Å². The number of benzene rings is 1. The molecule has 0 spiro atoms. The molecule has 5 nitrogen and oxygen atoms in total. The maximum atomic E-state index is 6.08. The quantitative estimate of drug-likeness (QED) is 0.593. The molecule has 0 atom stereocenters. The van der Waals surface area contributed by atoms with Crippen LogP contribution in [0.15, 0.2) is 42.9 Å². The van der Waals surface area contributed by atoms with Crippen LogP contribution in [0.2, 0.25) is 0 Å². The molecule has 5 heteroatoms. The third-order valence-electron chi connectivity index (χ3n) is 3.93. The van der Waals surface area contributed by atoms with E-state index >= 15 is 0 Å². The van der Waals surface area contributed by atoms with Gasteiger partial charge in [-0.05, 0) is 18.6 Å². The van der Waals surface area contributed by atoms with Gasteiger partial charge in [0.25, 0.3) is 0 Å². The Kier molecular flexibility index (Phi) is 2.79. The van der Waals surface area contributed by atoms with E-state index in [1.54, 1.807) is 0 Å². The Hall–Kier alpha value is -2.95. The van der Waals surface area contributed by atoms with E-state index in [9.17, 15) is 0 Å². The highest BCUT2D eigenvalue weighted by molar-refractivity contribution is 6.02. The maximum absolute atomic E-state index is 6.08. The fraction of sp³-hybridized carbons (Fsp3) is 0.118. The van der Waals surface area contributed by atoms with Gasteiger partial charge in [-0.15, -0.1) is 0 Å². The highest BCUT2D eigenvalue weighted by Crippen LogP contribution is 2.35. The largest absolute Gasteiger partial charge is 0.383 e. The van der Waals surface area contributed by atoms with Gasteiger partial charge in [-0.1, -0.05) is 25.1 Å². The lowest BCUT2D eigenvalue weighted by molar-refractivity contribution is 1.07. The minimum atomic E-state index is 0.490. The topological polar surface area (TPSA) is 80.5 Å². The zero-order valence-corrected chi connectivity index (χ0v) is 12.2. The third kappa shape index (κ3) is 1.83. The first kappa shape index (κ1) is 12.8. The van der Waals surface area contributed by atoms with Gasteiger partial charge in [-0.2, -0.15) is 0 Å². The number of hydrogen-bond donors (Lipinski definition) is 2. The van der Waals surface area contributed by atoms with E-state index in [2.05, 4.69) is 39.0 Å². The lowest BCUT2D eigenvalue weighted by Gasteiger charge is -2.06. The number of para-hydroxylation sites is 1. The van der Waals surface area contributed by atoms with Crippen molar-refractivity contribution in [3.63, 3.8) is 0 Å². The number of rotatable bonds is 2. The fourth-order valence-corrected chi connectivity index (χ4v) is 2.89. The fourth-order valence-electron chi connectivity index (χ4n) is 2.89. The average Bonchev–Trinajstić information content (AvgIpc) is 2.94. The second kappa shape index (κ2) is 4.80. The summed E-state index contributed by atoms with van der Waals surface area (Å²) >= 11 is 0. The Bertz CT molecular complexity index is 987. The van der Waals surface area contributed by atoms with Gasteiger partial charge in [0.2, 0.25) is 0 Å². The van der Waals surface area contributed by atoms with Crippen molar-refractivity contribution in [3.05, 3.63) is 48.5 Å². The smallest absolute Gasteiger partial charge is 0.143 e. The van der Waals surface area contributed by atoms with E-state index in [1.165, 1.54) is 6.33 Å². The summed E-state index contributed by atoms with van der Waals surface area (Å²) in [6.45, 7) is 2.10. The molecule has 0 bridgehead atoms. The summed E-state index contributed by atoms with van der Waals surface area (Å²) in [4.78, 5) is 16.3. The number of aryl methyl sites for hydroxylation is 1. The molecule has 4 aromatic rings. The van der Waals surface area contributed by atoms with Crippen molar-refractivity contribution in [2.45, 2.75) is 13.3 Å². The zero-order chi connectivity index (χ0) is 15.1. The molecule has 22 heavy (non-hydrogen) atoms. The summed E-state index contributed by atoms with van der Waals surface area (Å²) < 4.78 is 0. The molecular formula is C17H15N5. The van der Waals surface area contributed by atoms with Crippen molar-refractivity contribution in [2.75, 3.05) is 5.73 Å². The molecule has 0 radical (unpaired) electrons. The first-order valence-corrected chi connectivity index (χ1v) is 7.24. The van der Waals surface area contributed by atoms with E-state index in [0.29, 0.717) is 5.82 Å². The highest BCUT2D eigenvalue weighted by atomic mass is 15.0. The van der Waals surface area contributed by atoms with E-state index in [4.69, 9.17) is 5.73 Å². The number of nitrogens with zero attached hydrogens (tertiary/aromatic N) is 3. The predicted octanol–water partition coefficient (Wildman–Crippen LogP) is 3.32. The zero-order valence-electron chi connectivity index (χ0n) is 12.2. The van der Waals surface area contributed by atoms with E-state index in [-0.39, 0.29) is 0 Å². The Morgan fingerprint density at radius 2 is 2.00 bits per heavy atom. The number of nitrogens with one attached hydrogen (secondary N) is 1. The molecule has 0 amide bonds. The molecule has 4 rings (SSSR count). The molecule has 0 aliphatic rings. The number of nitrogen functional groups attached to an aromatic ring is 1. The molecular weight excluding hydrogens is 274 g/mol. The van der Waals surface area contributed by atoms with Crippen molar-refractivity contribution >= 4 is 27.8 Å². The second-order valence-electron chi connectivity index (χ2n) is 5.23. The number of nitrogens with two attached hydrogens (primary N) is 1. The minimum absolute atomic E-state index is 0.490. The average molecular weight is 289 g/mol. The normalized spacial score (nSPS) is 11.3. The van der Waals surface area contributed by atoms with Crippen LogP contribution >= 0.6 is 0 Å². The molecule has 3 aromatic heterocycles. The Morgan fingerprint density at radius 1 is 1.14 bits per heavy atom. The van der Waals surface area contributed by atoms with Crippen LogP contribution in [-0.2, 0) is 6.42 Å². The third-order valence-corrected chi connectivity index (χ3v) is 3.93. The van der Waals surface area contributed by atoms with Gasteiger partial charge < -0.3 is 10.7 Å². The number of hydrogen-bond acceptors (Lipinski definition) is 4. The van der Waals surface area contributed by atoms with Crippen LogP contribution in [0, 0.1) is 0 Å². The number of aromatic nitrogens is 4. The summed E-state index contributed by atoms with van der Waals surface area (Å²) in [5.74, 6) is 0.490. The predicted molar refractivity (Wildman–Crippen MR) is 88.4 cm³/mol. The lowest BCUT2D eigenvalue weighted by Crippen LogP contribution is -1.93.